The molecule has 21 heavy (non-hydrogen) atoms. The van der Waals surface area contributed by atoms with Gasteiger partial charge in [0.1, 0.15) is 0 Å². The quantitative estimate of drug-likeness (QED) is 0.460. The van der Waals surface area contributed by atoms with Crippen LogP contribution in [0.15, 0.2) is 72.9 Å². The molecule has 0 unspecified atom stereocenters. The van der Waals surface area contributed by atoms with E-state index in [4.69, 9.17) is 11.6 Å². The fourth-order valence-electron chi connectivity index (χ4n) is 2.96. The van der Waals surface area contributed by atoms with Crippen molar-refractivity contribution in [2.24, 2.45) is 0 Å². The minimum atomic E-state index is 0.803. The summed E-state index contributed by atoms with van der Waals surface area (Å²) in [6, 6.07) is 23.1. The molecule has 1 nitrogen and oxygen atoms in total. The predicted molar refractivity (Wildman–Crippen MR) is 90.0 cm³/mol. The van der Waals surface area contributed by atoms with Crippen LogP contribution < -0.4 is 0 Å². The highest BCUT2D eigenvalue weighted by Gasteiger charge is 2.07. The summed E-state index contributed by atoms with van der Waals surface area (Å²) in [7, 11) is 0. The van der Waals surface area contributed by atoms with Crippen LogP contribution in [-0.2, 0) is 6.54 Å². The Bertz CT molecular complexity index is 931. The topological polar surface area (TPSA) is 4.93 Å². The lowest BCUT2D eigenvalue weighted by atomic mass is 10.0. The first-order valence-electron chi connectivity index (χ1n) is 7.03. The van der Waals surface area contributed by atoms with Crippen LogP contribution in [-0.4, -0.2) is 4.57 Å². The van der Waals surface area contributed by atoms with Gasteiger partial charge in [0.25, 0.3) is 0 Å². The lowest BCUT2D eigenvalue weighted by molar-refractivity contribution is 0.843. The van der Waals surface area contributed by atoms with E-state index >= 15 is 0 Å². The number of hydrogen-bond donors (Lipinski definition) is 0. The minimum Gasteiger partial charge on any atom is -0.342 e. The molecule has 3 aromatic carbocycles. The van der Waals surface area contributed by atoms with Gasteiger partial charge in [0.05, 0.1) is 10.5 Å². The lowest BCUT2D eigenvalue weighted by Crippen LogP contribution is -1.99. The molecule has 0 aliphatic rings. The number of benzene rings is 3. The Hall–Kier alpha value is -2.25. The molecule has 0 radical (unpaired) electrons. The van der Waals surface area contributed by atoms with E-state index < -0.39 is 0 Å². The average molecular weight is 292 g/mol. The molecule has 0 atom stereocenters. The molecule has 0 amide bonds. The third-order valence-corrected chi connectivity index (χ3v) is 4.26. The maximum absolute atomic E-state index is 6.37. The highest BCUT2D eigenvalue weighted by atomic mass is 35.5. The summed E-state index contributed by atoms with van der Waals surface area (Å²) in [4.78, 5) is 0. The fraction of sp³-hybridized carbons (Fsp3) is 0.0526. The maximum atomic E-state index is 6.37. The van der Waals surface area contributed by atoms with E-state index in [2.05, 4.69) is 65.4 Å². The van der Waals surface area contributed by atoms with E-state index in [9.17, 15) is 0 Å². The standard InChI is InChI=1S/C19H14ClN/c20-18-10-4-7-15-11-12-21(19(15)18)13-16-8-3-6-14-5-1-2-9-17(14)16/h1-12H,13H2. The van der Waals surface area contributed by atoms with Crippen molar-refractivity contribution in [3.63, 3.8) is 0 Å². The van der Waals surface area contributed by atoms with Gasteiger partial charge in [0.15, 0.2) is 0 Å². The van der Waals surface area contributed by atoms with Gasteiger partial charge in [-0.05, 0) is 28.5 Å². The number of fused-ring (bicyclic) bond motifs is 2. The number of rotatable bonds is 2. The van der Waals surface area contributed by atoms with E-state index in [0.29, 0.717) is 0 Å². The third kappa shape index (κ3) is 2.10. The second-order valence-electron chi connectivity index (χ2n) is 5.26. The minimum absolute atomic E-state index is 0.803. The van der Waals surface area contributed by atoms with Crippen LogP contribution in [0.5, 0.6) is 0 Å². The molecule has 1 heterocycles. The van der Waals surface area contributed by atoms with Gasteiger partial charge in [0.2, 0.25) is 0 Å². The Balaban J connectivity index is 1.87. The molecule has 0 bridgehead atoms. The summed E-state index contributed by atoms with van der Waals surface area (Å²) in [6.45, 7) is 0.828. The van der Waals surface area contributed by atoms with Crippen molar-refractivity contribution in [1.29, 1.82) is 0 Å². The second kappa shape index (κ2) is 4.94. The summed E-state index contributed by atoms with van der Waals surface area (Å²) < 4.78 is 2.22. The molecular formula is C19H14ClN. The fourth-order valence-corrected chi connectivity index (χ4v) is 3.25. The van der Waals surface area contributed by atoms with Gasteiger partial charge in [-0.25, -0.2) is 0 Å². The van der Waals surface area contributed by atoms with E-state index in [1.54, 1.807) is 0 Å². The van der Waals surface area contributed by atoms with Gasteiger partial charge in [-0.1, -0.05) is 66.2 Å². The summed E-state index contributed by atoms with van der Waals surface area (Å²) >= 11 is 6.37. The van der Waals surface area contributed by atoms with Crippen molar-refractivity contribution in [3.05, 3.63) is 83.5 Å². The van der Waals surface area contributed by atoms with Crippen LogP contribution in [0.3, 0.4) is 0 Å². The Morgan fingerprint density at radius 1 is 0.762 bits per heavy atom. The Labute approximate surface area is 128 Å². The van der Waals surface area contributed by atoms with Crippen LogP contribution in [0.1, 0.15) is 5.56 Å². The number of aromatic nitrogens is 1. The normalized spacial score (nSPS) is 11.3. The van der Waals surface area contributed by atoms with Crippen molar-refractivity contribution in [1.82, 2.24) is 4.57 Å². The van der Waals surface area contributed by atoms with Gasteiger partial charge in [0, 0.05) is 18.1 Å². The van der Waals surface area contributed by atoms with Crippen LogP contribution in [0.25, 0.3) is 21.7 Å². The Kier molecular flexibility index (Phi) is 2.94. The first-order chi connectivity index (χ1) is 10.3. The predicted octanol–water partition coefficient (Wildman–Crippen LogP) is 5.50. The van der Waals surface area contributed by atoms with E-state index in [1.165, 1.54) is 21.7 Å². The zero-order valence-electron chi connectivity index (χ0n) is 11.5. The van der Waals surface area contributed by atoms with Gasteiger partial charge < -0.3 is 4.57 Å². The monoisotopic (exact) mass is 291 g/mol. The molecule has 0 saturated carbocycles. The molecule has 4 aromatic rings. The number of para-hydroxylation sites is 1. The largest absolute Gasteiger partial charge is 0.342 e. The number of halogens is 1. The van der Waals surface area contributed by atoms with Crippen LogP contribution in [0.4, 0.5) is 0 Å². The van der Waals surface area contributed by atoms with Crippen LogP contribution in [0, 0.1) is 0 Å². The Morgan fingerprint density at radius 3 is 2.48 bits per heavy atom. The first-order valence-corrected chi connectivity index (χ1v) is 7.41. The summed E-state index contributed by atoms with van der Waals surface area (Å²) in [6.07, 6.45) is 2.11. The molecule has 0 aliphatic carbocycles. The van der Waals surface area contributed by atoms with Gasteiger partial charge >= 0.3 is 0 Å². The van der Waals surface area contributed by atoms with Crippen molar-refractivity contribution < 1.29 is 0 Å². The molecular weight excluding hydrogens is 278 g/mol. The highest BCUT2D eigenvalue weighted by Crippen LogP contribution is 2.26. The first kappa shape index (κ1) is 12.5. The molecule has 0 aliphatic heterocycles. The van der Waals surface area contributed by atoms with Crippen molar-refractivity contribution in [3.8, 4) is 0 Å². The molecule has 0 saturated heterocycles. The second-order valence-corrected chi connectivity index (χ2v) is 5.67. The zero-order chi connectivity index (χ0) is 14.2. The zero-order valence-corrected chi connectivity index (χ0v) is 12.2. The molecule has 1 aromatic heterocycles. The van der Waals surface area contributed by atoms with Crippen LogP contribution >= 0.6 is 11.6 Å². The van der Waals surface area contributed by atoms with E-state index in [1.807, 2.05) is 12.1 Å². The SMILES string of the molecule is Clc1cccc2ccn(Cc3cccc4ccccc34)c12. The van der Waals surface area contributed by atoms with Crippen LogP contribution in [0.2, 0.25) is 5.02 Å². The highest BCUT2D eigenvalue weighted by molar-refractivity contribution is 6.35. The molecule has 2 heteroatoms. The molecule has 0 spiro atoms. The lowest BCUT2D eigenvalue weighted by Gasteiger charge is -2.10. The molecule has 4 rings (SSSR count). The van der Waals surface area contributed by atoms with Crippen molar-refractivity contribution in [2.75, 3.05) is 0 Å². The maximum Gasteiger partial charge on any atom is 0.0672 e. The number of hydrogen-bond acceptors (Lipinski definition) is 0. The van der Waals surface area contributed by atoms with Gasteiger partial charge in [-0.2, -0.15) is 0 Å². The molecule has 0 fully saturated rings. The van der Waals surface area contributed by atoms with E-state index in [0.717, 1.165) is 17.1 Å². The van der Waals surface area contributed by atoms with Crippen molar-refractivity contribution in [2.45, 2.75) is 6.54 Å². The third-order valence-electron chi connectivity index (χ3n) is 3.96. The summed E-state index contributed by atoms with van der Waals surface area (Å²) in [5.41, 5.74) is 2.41. The van der Waals surface area contributed by atoms with Gasteiger partial charge in [-0.15, -0.1) is 0 Å². The number of nitrogens with zero attached hydrogens (tertiary/aromatic N) is 1. The van der Waals surface area contributed by atoms with Crippen molar-refractivity contribution >= 4 is 33.3 Å². The molecule has 0 N–H and O–H groups in total. The molecule has 102 valence electrons. The van der Waals surface area contributed by atoms with Gasteiger partial charge in [-0.3, -0.25) is 0 Å². The summed E-state index contributed by atoms with van der Waals surface area (Å²) in [5.74, 6) is 0. The Morgan fingerprint density at radius 2 is 1.52 bits per heavy atom. The average Bonchev–Trinajstić information content (AvgIpc) is 2.92. The van der Waals surface area contributed by atoms with E-state index in [-0.39, 0.29) is 0 Å². The summed E-state index contributed by atoms with van der Waals surface area (Å²) in [5, 5.41) is 4.56. The smallest absolute Gasteiger partial charge is 0.0672 e.